The molecule has 2 heterocycles. The summed E-state index contributed by atoms with van der Waals surface area (Å²) in [6.45, 7) is 0.0353. The number of carbonyl (C=O) groups is 2. The molecule has 3 aromatic rings. The molecule has 4 rings (SSSR count). The Hall–Kier alpha value is -3.16. The van der Waals surface area contributed by atoms with Crippen molar-refractivity contribution in [1.29, 1.82) is 0 Å². The fraction of sp³-hybridized carbons (Fsp3) is 0.0909. The second-order valence-corrected chi connectivity index (χ2v) is 8.10. The van der Waals surface area contributed by atoms with Gasteiger partial charge in [0, 0.05) is 6.54 Å². The zero-order valence-electron chi connectivity index (χ0n) is 15.4. The zero-order valence-corrected chi connectivity index (χ0v) is 17.0. The average Bonchev–Trinajstić information content (AvgIpc) is 3.35. The van der Waals surface area contributed by atoms with Crippen LogP contribution in [0.5, 0.6) is 5.75 Å². The van der Waals surface area contributed by atoms with Crippen LogP contribution in [0.15, 0.2) is 71.3 Å². The third-order valence-electron chi connectivity index (χ3n) is 4.85. The van der Waals surface area contributed by atoms with E-state index in [-0.39, 0.29) is 22.9 Å². The van der Waals surface area contributed by atoms with E-state index in [0.29, 0.717) is 16.0 Å². The lowest BCUT2D eigenvalue weighted by Crippen LogP contribution is -2.30. The first kappa shape index (κ1) is 20.1. The largest absolute Gasteiger partial charge is 0.506 e. The number of aromatic hydroxyl groups is 1. The van der Waals surface area contributed by atoms with Gasteiger partial charge in [-0.1, -0.05) is 35.9 Å². The van der Waals surface area contributed by atoms with E-state index < -0.39 is 29.3 Å². The summed E-state index contributed by atoms with van der Waals surface area (Å²) in [7, 11) is 0. The topological polar surface area (TPSA) is 77.8 Å². The Morgan fingerprint density at radius 3 is 2.50 bits per heavy atom. The summed E-state index contributed by atoms with van der Waals surface area (Å²) >= 11 is 7.26. The minimum Gasteiger partial charge on any atom is -0.506 e. The number of aliphatic hydroxyl groups excluding tert-OH is 1. The van der Waals surface area contributed by atoms with Crippen LogP contribution in [0.4, 0.5) is 4.39 Å². The highest BCUT2D eigenvalue weighted by molar-refractivity contribution is 7.12. The number of hydrogen-bond acceptors (Lipinski definition) is 5. The molecule has 5 nitrogen and oxygen atoms in total. The third-order valence-corrected chi connectivity index (χ3v) is 6.02. The number of halogens is 2. The molecule has 0 saturated carbocycles. The maximum absolute atomic E-state index is 13.3. The molecule has 1 aliphatic rings. The monoisotopic (exact) mass is 443 g/mol. The molecule has 1 aromatic heterocycles. The van der Waals surface area contributed by atoms with E-state index >= 15 is 0 Å². The number of hydrogen-bond donors (Lipinski definition) is 2. The van der Waals surface area contributed by atoms with E-state index in [1.54, 1.807) is 17.5 Å². The van der Waals surface area contributed by atoms with Crippen molar-refractivity contribution in [3.63, 3.8) is 0 Å². The lowest BCUT2D eigenvalue weighted by molar-refractivity contribution is -0.130. The maximum Gasteiger partial charge on any atom is 0.290 e. The Balaban J connectivity index is 1.81. The number of phenols is 1. The van der Waals surface area contributed by atoms with E-state index in [1.807, 2.05) is 0 Å². The van der Waals surface area contributed by atoms with E-state index in [2.05, 4.69) is 0 Å². The molecule has 1 amide bonds. The molecule has 0 fully saturated rings. The van der Waals surface area contributed by atoms with Crippen LogP contribution in [-0.4, -0.2) is 26.8 Å². The lowest BCUT2D eigenvalue weighted by atomic mass is 9.95. The molecule has 2 N–H and O–H groups in total. The van der Waals surface area contributed by atoms with Crippen molar-refractivity contribution in [3.05, 3.63) is 98.2 Å². The predicted octanol–water partition coefficient (Wildman–Crippen LogP) is 5.02. The lowest BCUT2D eigenvalue weighted by Gasteiger charge is -2.27. The summed E-state index contributed by atoms with van der Waals surface area (Å²) in [6, 6.07) is 12.3. The van der Waals surface area contributed by atoms with Crippen LogP contribution in [0, 0.1) is 5.82 Å². The van der Waals surface area contributed by atoms with Gasteiger partial charge in [-0.25, -0.2) is 4.39 Å². The Labute approximate surface area is 180 Å². The first-order chi connectivity index (χ1) is 14.4. The van der Waals surface area contributed by atoms with E-state index in [1.165, 1.54) is 58.7 Å². The van der Waals surface area contributed by atoms with E-state index in [4.69, 9.17) is 11.6 Å². The van der Waals surface area contributed by atoms with Gasteiger partial charge in [0.1, 0.15) is 11.6 Å². The van der Waals surface area contributed by atoms with Crippen LogP contribution in [-0.2, 0) is 11.3 Å². The molecule has 1 atom stereocenters. The van der Waals surface area contributed by atoms with Crippen LogP contribution in [0.2, 0.25) is 5.02 Å². The number of carbonyl (C=O) groups excluding carboxylic acids is 2. The number of amides is 1. The van der Waals surface area contributed by atoms with Crippen molar-refractivity contribution < 1.29 is 24.2 Å². The highest BCUT2D eigenvalue weighted by Crippen LogP contribution is 2.42. The van der Waals surface area contributed by atoms with Gasteiger partial charge in [0.15, 0.2) is 5.76 Å². The number of phenolic OH excluding ortho intramolecular Hbond substituents is 1. The fourth-order valence-electron chi connectivity index (χ4n) is 3.42. The standard InChI is InChI=1S/C22H15ClFNO4S/c23-15-10-13(5-8-16(15)26)19-18(20(27)17-2-1-9-30-17)21(28)22(29)25(19)11-12-3-6-14(24)7-4-12/h1-10,19,26,28H,11H2. The minimum atomic E-state index is -0.921. The smallest absolute Gasteiger partial charge is 0.290 e. The van der Waals surface area contributed by atoms with Crippen molar-refractivity contribution in [1.82, 2.24) is 4.90 Å². The summed E-state index contributed by atoms with van der Waals surface area (Å²) in [5.74, 6) is -2.37. The maximum atomic E-state index is 13.3. The van der Waals surface area contributed by atoms with Gasteiger partial charge in [0.2, 0.25) is 5.78 Å². The zero-order chi connectivity index (χ0) is 21.4. The number of thiophene rings is 1. The number of rotatable bonds is 5. The van der Waals surface area contributed by atoms with Gasteiger partial charge in [-0.2, -0.15) is 0 Å². The minimum absolute atomic E-state index is 0.0353. The van der Waals surface area contributed by atoms with Gasteiger partial charge in [-0.05, 0) is 46.8 Å². The molecule has 1 aliphatic heterocycles. The summed E-state index contributed by atoms with van der Waals surface area (Å²) in [5.41, 5.74) is 1.01. The third kappa shape index (κ3) is 3.58. The molecule has 0 bridgehead atoms. The fourth-order valence-corrected chi connectivity index (χ4v) is 4.28. The van der Waals surface area contributed by atoms with Crippen molar-refractivity contribution in [2.75, 3.05) is 0 Å². The molecule has 30 heavy (non-hydrogen) atoms. The highest BCUT2D eigenvalue weighted by atomic mass is 35.5. The van der Waals surface area contributed by atoms with Gasteiger partial charge in [0.25, 0.3) is 5.91 Å². The van der Waals surface area contributed by atoms with Crippen LogP contribution >= 0.6 is 22.9 Å². The van der Waals surface area contributed by atoms with Crippen LogP contribution in [0.25, 0.3) is 0 Å². The highest BCUT2D eigenvalue weighted by Gasteiger charge is 2.44. The molecule has 2 aromatic carbocycles. The van der Waals surface area contributed by atoms with Gasteiger partial charge in [-0.15, -0.1) is 11.3 Å². The van der Waals surface area contributed by atoms with E-state index in [9.17, 15) is 24.2 Å². The second kappa shape index (κ2) is 7.93. The normalized spacial score (nSPS) is 16.4. The van der Waals surface area contributed by atoms with Crippen LogP contribution in [0.3, 0.4) is 0 Å². The van der Waals surface area contributed by atoms with Gasteiger partial charge < -0.3 is 15.1 Å². The molecular formula is C22H15ClFNO4S. The Kier molecular flexibility index (Phi) is 5.32. The Morgan fingerprint density at radius 2 is 1.87 bits per heavy atom. The molecule has 0 spiro atoms. The van der Waals surface area contributed by atoms with Crippen molar-refractivity contribution >= 4 is 34.6 Å². The van der Waals surface area contributed by atoms with Crippen molar-refractivity contribution in [2.45, 2.75) is 12.6 Å². The van der Waals surface area contributed by atoms with Crippen molar-refractivity contribution in [3.8, 4) is 5.75 Å². The van der Waals surface area contributed by atoms with Crippen molar-refractivity contribution in [2.24, 2.45) is 0 Å². The number of benzene rings is 2. The summed E-state index contributed by atoms with van der Waals surface area (Å²) in [4.78, 5) is 27.7. The quantitative estimate of drug-likeness (QED) is 0.542. The average molecular weight is 444 g/mol. The molecule has 0 aliphatic carbocycles. The number of aliphatic hydroxyl groups is 1. The molecule has 152 valence electrons. The molecule has 1 unspecified atom stereocenters. The first-order valence-electron chi connectivity index (χ1n) is 8.92. The SMILES string of the molecule is O=C(C1=C(O)C(=O)N(Cc2ccc(F)cc2)C1c1ccc(O)c(Cl)c1)c1cccs1. The molecular weight excluding hydrogens is 429 g/mol. The predicted molar refractivity (Wildman–Crippen MR) is 111 cm³/mol. The number of nitrogens with zero attached hydrogens (tertiary/aromatic N) is 1. The Bertz CT molecular complexity index is 1160. The van der Waals surface area contributed by atoms with Gasteiger partial charge >= 0.3 is 0 Å². The van der Waals surface area contributed by atoms with Crippen LogP contribution in [0.1, 0.15) is 26.8 Å². The summed E-state index contributed by atoms with van der Waals surface area (Å²) in [5, 5.41) is 22.2. The Morgan fingerprint density at radius 1 is 1.13 bits per heavy atom. The first-order valence-corrected chi connectivity index (χ1v) is 10.2. The molecule has 8 heteroatoms. The molecule has 0 radical (unpaired) electrons. The number of ketones is 1. The molecule has 0 saturated heterocycles. The van der Waals surface area contributed by atoms with Gasteiger partial charge in [0.05, 0.1) is 21.5 Å². The van der Waals surface area contributed by atoms with E-state index in [0.717, 1.165) is 0 Å². The summed E-state index contributed by atoms with van der Waals surface area (Å²) in [6.07, 6.45) is 0. The summed E-state index contributed by atoms with van der Waals surface area (Å²) < 4.78 is 13.3. The van der Waals surface area contributed by atoms with Gasteiger partial charge in [-0.3, -0.25) is 9.59 Å². The second-order valence-electron chi connectivity index (χ2n) is 6.74. The number of Topliss-reactive ketones (excluding diaryl/α,β-unsaturated/α-hetero) is 1. The van der Waals surface area contributed by atoms with Crippen LogP contribution < -0.4 is 0 Å².